The topological polar surface area (TPSA) is 36.9 Å². The molecule has 0 unspecified atom stereocenters. The Morgan fingerprint density at radius 1 is 0.478 bits per heavy atom. The van der Waals surface area contributed by atoms with Gasteiger partial charge in [0.15, 0.2) is 0 Å². The van der Waals surface area contributed by atoms with E-state index in [1.807, 2.05) is 0 Å². The Kier molecular flexibility index (Phi) is 15.7. The first kappa shape index (κ1) is 24.6. The normalized spacial score (nSPS) is 12.8. The second kappa shape index (κ2) is 14.7. The van der Waals surface area contributed by atoms with E-state index in [1.54, 1.807) is 0 Å². The van der Waals surface area contributed by atoms with Gasteiger partial charge in [-0.05, 0) is 59.7 Å². The van der Waals surface area contributed by atoms with Crippen LogP contribution in [0.2, 0.25) is 0 Å². The molecule has 0 aromatic heterocycles. The van der Waals surface area contributed by atoms with Crippen molar-refractivity contribution in [3.63, 3.8) is 0 Å². The van der Waals surface area contributed by atoms with E-state index in [0.29, 0.717) is 11.8 Å². The van der Waals surface area contributed by atoms with Crippen LogP contribution in [0.5, 0.6) is 0 Å². The summed E-state index contributed by atoms with van der Waals surface area (Å²) in [6, 6.07) is 0. The minimum Gasteiger partial charge on any atom is -0.359 e. The maximum atomic E-state index is 5.91. The zero-order chi connectivity index (χ0) is 17.8. The zero-order valence-corrected chi connectivity index (χ0v) is 19.7. The summed E-state index contributed by atoms with van der Waals surface area (Å²) >= 11 is 0. The van der Waals surface area contributed by atoms with Crippen LogP contribution in [0, 0.1) is 11.8 Å². The third-order valence-corrected chi connectivity index (χ3v) is 5.60. The molecule has 0 N–H and O–H groups in total. The maximum Gasteiger partial charge on any atom is 0.0559 e. The second-order valence-electron chi connectivity index (χ2n) is 6.40. The van der Waals surface area contributed by atoms with Gasteiger partial charge in [-0.1, -0.05) is 0 Å². The average molecular weight is 404 g/mol. The fourth-order valence-electron chi connectivity index (χ4n) is 1.86. The maximum absolute atomic E-state index is 5.91. The van der Waals surface area contributed by atoms with Crippen molar-refractivity contribution in [3.05, 3.63) is 0 Å². The minimum absolute atomic E-state index is 0.327. The van der Waals surface area contributed by atoms with Crippen LogP contribution in [0.4, 0.5) is 0 Å². The van der Waals surface area contributed by atoms with Crippen molar-refractivity contribution < 1.29 is 18.1 Å². The SMILES string of the molecule is CP(C)OCC(COP(C)C)CC(COP(C)C)COP(C)C. The molecule has 0 radical (unpaired) electrons. The molecule has 0 amide bonds. The lowest BCUT2D eigenvalue weighted by atomic mass is 9.97. The molecule has 8 heteroatoms. The minimum atomic E-state index is -0.327. The zero-order valence-electron chi connectivity index (χ0n) is 16.1. The van der Waals surface area contributed by atoms with Crippen LogP contribution in [0.15, 0.2) is 0 Å². The number of hydrogen-bond donors (Lipinski definition) is 0. The van der Waals surface area contributed by atoms with Gasteiger partial charge in [-0.3, -0.25) is 0 Å². The third-order valence-electron chi connectivity index (χ3n) is 2.94. The first-order valence-electron chi connectivity index (χ1n) is 7.91. The Morgan fingerprint density at radius 3 is 0.870 bits per heavy atom. The molecule has 0 aromatic carbocycles. The standard InChI is InChI=1S/C15H36O4P4/c1-20(2)16-10-14(11-17-21(3)4)9-15(12-18-22(5)6)13-19-23(7)8/h14-15H,9-13H2,1-8H3. The highest BCUT2D eigenvalue weighted by Gasteiger charge is 2.20. The van der Waals surface area contributed by atoms with Gasteiger partial charge in [-0.2, -0.15) is 0 Å². The van der Waals surface area contributed by atoms with Gasteiger partial charge in [-0.25, -0.2) is 0 Å². The predicted octanol–water partition coefficient (Wildman–Crippen LogP) is 5.30. The molecule has 4 nitrogen and oxygen atoms in total. The van der Waals surface area contributed by atoms with Crippen LogP contribution in [0.3, 0.4) is 0 Å². The van der Waals surface area contributed by atoms with Crippen LogP contribution in [0.1, 0.15) is 6.42 Å². The van der Waals surface area contributed by atoms with Crippen molar-refractivity contribution >= 4 is 32.6 Å². The Labute approximate surface area is 149 Å². The molecule has 0 spiro atoms. The van der Waals surface area contributed by atoms with Crippen molar-refractivity contribution in [2.45, 2.75) is 6.42 Å². The van der Waals surface area contributed by atoms with Gasteiger partial charge in [-0.15, -0.1) is 0 Å². The second-order valence-corrected chi connectivity index (χ2v) is 13.9. The van der Waals surface area contributed by atoms with Gasteiger partial charge in [0.2, 0.25) is 0 Å². The fraction of sp³-hybridized carbons (Fsp3) is 1.00. The average Bonchev–Trinajstić information content (AvgIpc) is 2.43. The Balaban J connectivity index is 4.56. The number of rotatable bonds is 14. The molecule has 23 heavy (non-hydrogen) atoms. The Hall–Kier alpha value is 1.56. The first-order chi connectivity index (χ1) is 10.7. The Morgan fingerprint density at radius 2 is 0.696 bits per heavy atom. The Bertz CT molecular complexity index is 228. The monoisotopic (exact) mass is 404 g/mol. The molecule has 0 aromatic rings. The smallest absolute Gasteiger partial charge is 0.0559 e. The van der Waals surface area contributed by atoms with Gasteiger partial charge in [0.25, 0.3) is 0 Å². The molecule has 0 saturated heterocycles. The van der Waals surface area contributed by atoms with Crippen LogP contribution < -0.4 is 0 Å². The highest BCUT2D eigenvalue weighted by Crippen LogP contribution is 2.34. The van der Waals surface area contributed by atoms with E-state index in [4.69, 9.17) is 18.1 Å². The van der Waals surface area contributed by atoms with Gasteiger partial charge in [0, 0.05) is 44.4 Å². The molecule has 0 fully saturated rings. The molecular weight excluding hydrogens is 368 g/mol. The summed E-state index contributed by atoms with van der Waals surface area (Å²) in [4.78, 5) is 0. The van der Waals surface area contributed by atoms with Crippen LogP contribution in [-0.4, -0.2) is 79.7 Å². The third kappa shape index (κ3) is 16.8. The van der Waals surface area contributed by atoms with E-state index < -0.39 is 0 Å². The molecular formula is C15H36O4P4. The molecule has 0 aliphatic rings. The van der Waals surface area contributed by atoms with Crippen LogP contribution in [0.25, 0.3) is 0 Å². The van der Waals surface area contributed by atoms with Crippen molar-refractivity contribution in [3.8, 4) is 0 Å². The van der Waals surface area contributed by atoms with Crippen molar-refractivity contribution in [2.75, 3.05) is 79.7 Å². The first-order valence-corrected chi connectivity index (χ1v) is 16.5. The predicted molar refractivity (Wildman–Crippen MR) is 110 cm³/mol. The highest BCUT2D eigenvalue weighted by atomic mass is 31.1. The summed E-state index contributed by atoms with van der Waals surface area (Å²) in [6.07, 6.45) is 1.04. The van der Waals surface area contributed by atoms with E-state index in [2.05, 4.69) is 53.3 Å². The molecule has 0 saturated carbocycles. The molecule has 0 rings (SSSR count). The quantitative estimate of drug-likeness (QED) is 0.368. The van der Waals surface area contributed by atoms with Crippen LogP contribution >= 0.6 is 32.6 Å². The summed E-state index contributed by atoms with van der Waals surface area (Å²) in [5.74, 6) is 0.837. The van der Waals surface area contributed by atoms with Crippen molar-refractivity contribution in [2.24, 2.45) is 11.8 Å². The lowest BCUT2D eigenvalue weighted by molar-refractivity contribution is 0.128. The summed E-state index contributed by atoms with van der Waals surface area (Å²) in [6.45, 7) is 20.3. The van der Waals surface area contributed by atoms with E-state index in [-0.39, 0.29) is 32.6 Å². The van der Waals surface area contributed by atoms with E-state index in [0.717, 1.165) is 32.8 Å². The largest absolute Gasteiger partial charge is 0.359 e. The van der Waals surface area contributed by atoms with Gasteiger partial charge in [0.05, 0.1) is 26.4 Å². The van der Waals surface area contributed by atoms with E-state index in [1.165, 1.54) is 0 Å². The lowest BCUT2D eigenvalue weighted by Gasteiger charge is -2.26. The highest BCUT2D eigenvalue weighted by molar-refractivity contribution is 7.51. The van der Waals surface area contributed by atoms with E-state index >= 15 is 0 Å². The van der Waals surface area contributed by atoms with Gasteiger partial charge in [0.1, 0.15) is 0 Å². The summed E-state index contributed by atoms with van der Waals surface area (Å²) < 4.78 is 23.6. The fourth-order valence-corrected chi connectivity index (χ4v) is 3.89. The summed E-state index contributed by atoms with van der Waals surface area (Å²) in [7, 11) is -1.31. The van der Waals surface area contributed by atoms with Gasteiger partial charge < -0.3 is 18.1 Å². The molecule has 140 valence electrons. The lowest BCUT2D eigenvalue weighted by Crippen LogP contribution is -2.23. The van der Waals surface area contributed by atoms with Gasteiger partial charge >= 0.3 is 0 Å². The molecule has 0 bridgehead atoms. The van der Waals surface area contributed by atoms with Crippen molar-refractivity contribution in [1.82, 2.24) is 0 Å². The molecule has 0 aliphatic heterocycles. The van der Waals surface area contributed by atoms with Crippen LogP contribution in [-0.2, 0) is 18.1 Å². The van der Waals surface area contributed by atoms with Crippen molar-refractivity contribution in [1.29, 1.82) is 0 Å². The summed E-state index contributed by atoms with van der Waals surface area (Å²) in [5, 5.41) is 0. The van der Waals surface area contributed by atoms with E-state index in [9.17, 15) is 0 Å². The molecule has 0 aliphatic carbocycles. The summed E-state index contributed by atoms with van der Waals surface area (Å²) in [5.41, 5.74) is 0. The molecule has 0 atom stereocenters. The molecule has 0 heterocycles. The number of hydrogen-bond acceptors (Lipinski definition) is 4.